The van der Waals surface area contributed by atoms with Crippen molar-refractivity contribution >= 4 is 25.5 Å². The Morgan fingerprint density at radius 2 is 2.10 bits per heavy atom. The Hall–Kier alpha value is -1.19. The highest BCUT2D eigenvalue weighted by Gasteiger charge is 2.29. The first-order chi connectivity index (χ1) is 9.20. The number of nitrogens with one attached hydrogen (secondary N) is 1. The number of rotatable bonds is 4. The van der Waals surface area contributed by atoms with Crippen molar-refractivity contribution in [1.29, 1.82) is 0 Å². The van der Waals surface area contributed by atoms with Gasteiger partial charge in [0.15, 0.2) is 9.84 Å². The van der Waals surface area contributed by atoms with Gasteiger partial charge in [-0.25, -0.2) is 25.9 Å². The predicted octanol–water partition coefficient (Wildman–Crippen LogP) is 0.121. The summed E-state index contributed by atoms with van der Waals surface area (Å²) >= 11 is 0. The van der Waals surface area contributed by atoms with Crippen LogP contribution in [0.2, 0.25) is 0 Å². The molecule has 1 unspecified atom stereocenters. The van der Waals surface area contributed by atoms with Crippen LogP contribution in [0, 0.1) is 11.7 Å². The van der Waals surface area contributed by atoms with Gasteiger partial charge in [-0.3, -0.25) is 0 Å². The molecule has 2 rings (SSSR count). The average molecular weight is 322 g/mol. The summed E-state index contributed by atoms with van der Waals surface area (Å²) in [6.45, 7) is 0.0214. The van der Waals surface area contributed by atoms with Crippen LogP contribution >= 0.6 is 0 Å². The van der Waals surface area contributed by atoms with E-state index in [9.17, 15) is 21.2 Å². The number of halogens is 1. The number of hydrogen-bond acceptors (Lipinski definition) is 5. The average Bonchev–Trinajstić information content (AvgIpc) is 2.70. The molecule has 0 radical (unpaired) electrons. The minimum atomic E-state index is -3.86. The topological polar surface area (TPSA) is 106 Å². The maximum Gasteiger partial charge on any atom is 0.240 e. The number of hydrogen-bond donors (Lipinski definition) is 2. The minimum absolute atomic E-state index is 0.0214. The van der Waals surface area contributed by atoms with Gasteiger partial charge in [-0.05, 0) is 30.5 Å². The lowest BCUT2D eigenvalue weighted by atomic mass is 10.1. The van der Waals surface area contributed by atoms with Crippen LogP contribution in [0.1, 0.15) is 6.42 Å². The Kier molecular flexibility index (Phi) is 4.03. The van der Waals surface area contributed by atoms with Crippen molar-refractivity contribution in [3.8, 4) is 0 Å². The van der Waals surface area contributed by atoms with E-state index < -0.39 is 25.7 Å². The molecule has 3 N–H and O–H groups in total. The highest BCUT2D eigenvalue weighted by molar-refractivity contribution is 7.91. The lowest BCUT2D eigenvalue weighted by Gasteiger charge is -2.10. The Morgan fingerprint density at radius 3 is 2.65 bits per heavy atom. The van der Waals surface area contributed by atoms with Crippen molar-refractivity contribution in [3.05, 3.63) is 24.0 Å². The fraction of sp³-hybridized carbons (Fsp3) is 0.455. The van der Waals surface area contributed by atoms with Gasteiger partial charge in [0.1, 0.15) is 5.82 Å². The van der Waals surface area contributed by atoms with E-state index in [2.05, 4.69) is 4.72 Å². The summed E-state index contributed by atoms with van der Waals surface area (Å²) < 4.78 is 62.0. The number of anilines is 1. The molecule has 6 nitrogen and oxygen atoms in total. The number of benzene rings is 1. The van der Waals surface area contributed by atoms with Crippen molar-refractivity contribution in [2.45, 2.75) is 11.3 Å². The minimum Gasteiger partial charge on any atom is -0.396 e. The second kappa shape index (κ2) is 5.30. The standard InChI is InChI=1S/C11H15FN2O4S2/c12-10-5-9(1-2-11(10)13)20(17,18)14-6-8-3-4-19(15,16)7-8/h1-2,5,8,14H,3-4,6-7,13H2. The van der Waals surface area contributed by atoms with Gasteiger partial charge in [0.05, 0.1) is 22.1 Å². The first kappa shape index (κ1) is 15.2. The normalized spacial score (nSPS) is 21.9. The molecular formula is C11H15FN2O4S2. The van der Waals surface area contributed by atoms with Gasteiger partial charge >= 0.3 is 0 Å². The lowest BCUT2D eigenvalue weighted by molar-refractivity contribution is 0.542. The maximum atomic E-state index is 13.3. The Labute approximate surface area is 117 Å². The van der Waals surface area contributed by atoms with Crippen LogP contribution in [-0.2, 0) is 19.9 Å². The number of sulfonamides is 1. The van der Waals surface area contributed by atoms with Gasteiger partial charge in [0.2, 0.25) is 10.0 Å². The number of nitrogens with two attached hydrogens (primary N) is 1. The molecule has 1 aromatic rings. The molecular weight excluding hydrogens is 307 g/mol. The molecule has 1 fully saturated rings. The van der Waals surface area contributed by atoms with Gasteiger partial charge in [-0.2, -0.15) is 0 Å². The third kappa shape index (κ3) is 3.47. The molecule has 0 bridgehead atoms. The quantitative estimate of drug-likeness (QED) is 0.766. The van der Waals surface area contributed by atoms with Crippen molar-refractivity contribution in [2.75, 3.05) is 23.8 Å². The van der Waals surface area contributed by atoms with Crippen molar-refractivity contribution < 1.29 is 21.2 Å². The van der Waals surface area contributed by atoms with Crippen LogP contribution in [0.3, 0.4) is 0 Å². The van der Waals surface area contributed by atoms with Crippen LogP contribution in [0.25, 0.3) is 0 Å². The van der Waals surface area contributed by atoms with Gasteiger partial charge in [-0.15, -0.1) is 0 Å². The van der Waals surface area contributed by atoms with E-state index in [0.717, 1.165) is 6.07 Å². The summed E-state index contributed by atoms with van der Waals surface area (Å²) in [5, 5.41) is 0. The third-order valence-corrected chi connectivity index (χ3v) is 6.43. The van der Waals surface area contributed by atoms with Crippen LogP contribution in [0.15, 0.2) is 23.1 Å². The molecule has 0 amide bonds. The van der Waals surface area contributed by atoms with E-state index >= 15 is 0 Å². The third-order valence-electron chi connectivity index (χ3n) is 3.17. The molecule has 0 aromatic heterocycles. The molecule has 0 aliphatic carbocycles. The molecule has 20 heavy (non-hydrogen) atoms. The van der Waals surface area contributed by atoms with E-state index in [1.54, 1.807) is 0 Å². The van der Waals surface area contributed by atoms with E-state index in [-0.39, 0.29) is 34.6 Å². The van der Waals surface area contributed by atoms with Crippen molar-refractivity contribution in [1.82, 2.24) is 4.72 Å². The fourth-order valence-electron chi connectivity index (χ4n) is 2.02. The van der Waals surface area contributed by atoms with E-state index in [1.807, 2.05) is 0 Å². The van der Waals surface area contributed by atoms with Crippen molar-refractivity contribution in [3.63, 3.8) is 0 Å². The Bertz CT molecular complexity index is 716. The SMILES string of the molecule is Nc1ccc(S(=O)(=O)NCC2CCS(=O)(=O)C2)cc1F. The summed E-state index contributed by atoms with van der Waals surface area (Å²) in [7, 11) is -6.92. The smallest absolute Gasteiger partial charge is 0.240 e. The maximum absolute atomic E-state index is 13.3. The van der Waals surface area contributed by atoms with Crippen LogP contribution in [0.4, 0.5) is 10.1 Å². The van der Waals surface area contributed by atoms with Gasteiger partial charge in [0.25, 0.3) is 0 Å². The Morgan fingerprint density at radius 1 is 1.40 bits per heavy atom. The largest absolute Gasteiger partial charge is 0.396 e. The first-order valence-corrected chi connectivity index (χ1v) is 9.25. The fourth-order valence-corrected chi connectivity index (χ4v) is 5.01. The summed E-state index contributed by atoms with van der Waals surface area (Å²) in [4.78, 5) is -0.231. The molecule has 1 atom stereocenters. The molecule has 0 spiro atoms. The molecule has 1 heterocycles. The van der Waals surface area contributed by atoms with Crippen molar-refractivity contribution in [2.24, 2.45) is 5.92 Å². The Balaban J connectivity index is 2.06. The van der Waals surface area contributed by atoms with E-state index in [0.29, 0.717) is 6.42 Å². The summed E-state index contributed by atoms with van der Waals surface area (Å²) in [6, 6.07) is 3.21. The van der Waals surface area contributed by atoms with Gasteiger partial charge < -0.3 is 5.73 Å². The second-order valence-electron chi connectivity index (χ2n) is 4.80. The predicted molar refractivity (Wildman–Crippen MR) is 72.8 cm³/mol. The lowest BCUT2D eigenvalue weighted by Crippen LogP contribution is -2.30. The highest BCUT2D eigenvalue weighted by Crippen LogP contribution is 2.19. The number of nitrogen functional groups attached to an aromatic ring is 1. The zero-order chi connectivity index (χ0) is 15.0. The van der Waals surface area contributed by atoms with Crippen LogP contribution in [-0.4, -0.2) is 34.9 Å². The molecule has 1 aliphatic heterocycles. The summed E-state index contributed by atoms with van der Waals surface area (Å²) in [5.41, 5.74) is 5.14. The van der Waals surface area contributed by atoms with E-state index in [1.165, 1.54) is 12.1 Å². The zero-order valence-electron chi connectivity index (χ0n) is 10.5. The van der Waals surface area contributed by atoms with Gasteiger partial charge in [-0.1, -0.05) is 0 Å². The molecule has 1 aromatic carbocycles. The highest BCUT2D eigenvalue weighted by atomic mass is 32.2. The molecule has 0 saturated carbocycles. The van der Waals surface area contributed by atoms with Crippen LogP contribution < -0.4 is 10.5 Å². The van der Waals surface area contributed by atoms with Crippen LogP contribution in [0.5, 0.6) is 0 Å². The molecule has 1 aliphatic rings. The summed E-state index contributed by atoms with van der Waals surface area (Å²) in [6.07, 6.45) is 0.432. The first-order valence-electron chi connectivity index (χ1n) is 5.95. The zero-order valence-corrected chi connectivity index (χ0v) is 12.2. The number of sulfone groups is 1. The summed E-state index contributed by atoms with van der Waals surface area (Å²) in [5.74, 6) is -0.994. The van der Waals surface area contributed by atoms with Gasteiger partial charge in [0, 0.05) is 6.54 Å². The van der Waals surface area contributed by atoms with E-state index in [4.69, 9.17) is 5.73 Å². The molecule has 1 saturated heterocycles. The molecule has 112 valence electrons. The monoisotopic (exact) mass is 322 g/mol. The molecule has 9 heteroatoms. The second-order valence-corrected chi connectivity index (χ2v) is 8.80.